The second kappa shape index (κ2) is 14.7. The van der Waals surface area contributed by atoms with Crippen LogP contribution in [0.3, 0.4) is 0 Å². The monoisotopic (exact) mass is 569 g/mol. The minimum absolute atomic E-state index is 0.0671. The van der Waals surface area contributed by atoms with Gasteiger partial charge in [-0.2, -0.15) is 0 Å². The summed E-state index contributed by atoms with van der Waals surface area (Å²) in [7, 11) is 3.19. The molecular formula is C30H36ClN3O6. The van der Waals surface area contributed by atoms with Gasteiger partial charge in [-0.3, -0.25) is 14.5 Å². The Kier molecular flexibility index (Phi) is 10.9. The molecule has 3 aromatic rings. The van der Waals surface area contributed by atoms with Crippen LogP contribution in [0, 0.1) is 0 Å². The maximum atomic E-state index is 13.8. The molecule has 1 aliphatic rings. The number of hydrogen-bond acceptors (Lipinski definition) is 7. The van der Waals surface area contributed by atoms with Gasteiger partial charge in [0, 0.05) is 43.3 Å². The molecule has 1 aromatic heterocycles. The Morgan fingerprint density at radius 2 is 1.75 bits per heavy atom. The number of amides is 2. The summed E-state index contributed by atoms with van der Waals surface area (Å²) in [5.41, 5.74) is 1.44. The number of nitrogens with zero attached hydrogens (tertiary/aromatic N) is 3. The highest BCUT2D eigenvalue weighted by Gasteiger charge is 2.24. The highest BCUT2D eigenvalue weighted by Crippen LogP contribution is 2.28. The summed E-state index contributed by atoms with van der Waals surface area (Å²) in [6.45, 7) is 4.62. The summed E-state index contributed by atoms with van der Waals surface area (Å²) >= 11 is 6.17. The predicted molar refractivity (Wildman–Crippen MR) is 152 cm³/mol. The van der Waals surface area contributed by atoms with Crippen LogP contribution < -0.4 is 9.47 Å². The molecule has 0 N–H and O–H groups in total. The maximum Gasteiger partial charge on any atom is 0.254 e. The van der Waals surface area contributed by atoms with Gasteiger partial charge in [-0.25, -0.2) is 0 Å². The average Bonchev–Trinajstić information content (AvgIpc) is 3.50. The Morgan fingerprint density at radius 3 is 2.45 bits per heavy atom. The van der Waals surface area contributed by atoms with Gasteiger partial charge < -0.3 is 28.4 Å². The molecule has 4 rings (SSSR count). The number of hydrogen-bond donors (Lipinski definition) is 0. The Hall–Kier alpha value is -3.53. The third kappa shape index (κ3) is 8.24. The van der Waals surface area contributed by atoms with E-state index in [1.807, 2.05) is 24.3 Å². The van der Waals surface area contributed by atoms with Gasteiger partial charge in [0.25, 0.3) is 5.91 Å². The van der Waals surface area contributed by atoms with E-state index in [4.69, 9.17) is 30.2 Å². The third-order valence-corrected chi connectivity index (χ3v) is 7.11. The number of benzene rings is 2. The van der Waals surface area contributed by atoms with Crippen LogP contribution in [-0.4, -0.2) is 93.2 Å². The molecule has 2 heterocycles. The van der Waals surface area contributed by atoms with E-state index in [1.165, 1.54) is 0 Å². The number of morpholine rings is 1. The molecule has 10 heteroatoms. The first-order valence-electron chi connectivity index (χ1n) is 13.3. The summed E-state index contributed by atoms with van der Waals surface area (Å²) in [4.78, 5) is 32.9. The zero-order valence-corrected chi connectivity index (χ0v) is 23.8. The fourth-order valence-corrected chi connectivity index (χ4v) is 4.78. The van der Waals surface area contributed by atoms with Gasteiger partial charge in [0.2, 0.25) is 5.91 Å². The molecule has 1 saturated heterocycles. The van der Waals surface area contributed by atoms with E-state index in [9.17, 15) is 9.59 Å². The summed E-state index contributed by atoms with van der Waals surface area (Å²) < 4.78 is 21.8. The van der Waals surface area contributed by atoms with Gasteiger partial charge in [-0.15, -0.1) is 0 Å². The number of methoxy groups -OCH3 is 2. The van der Waals surface area contributed by atoms with Crippen LogP contribution in [0.4, 0.5) is 0 Å². The smallest absolute Gasteiger partial charge is 0.254 e. The molecule has 1 fully saturated rings. The van der Waals surface area contributed by atoms with Gasteiger partial charge in [0.1, 0.15) is 12.3 Å². The second-order valence-corrected chi connectivity index (χ2v) is 9.96. The van der Waals surface area contributed by atoms with Crippen LogP contribution in [-0.2, 0) is 22.5 Å². The average molecular weight is 570 g/mol. The lowest BCUT2D eigenvalue weighted by Gasteiger charge is -2.31. The quantitative estimate of drug-likeness (QED) is 0.308. The minimum Gasteiger partial charge on any atom is -0.493 e. The number of carbonyl (C=O) groups is 2. The van der Waals surface area contributed by atoms with Crippen molar-refractivity contribution in [3.8, 4) is 11.5 Å². The van der Waals surface area contributed by atoms with Gasteiger partial charge in [0.15, 0.2) is 11.5 Å². The molecule has 0 bridgehead atoms. The first-order valence-corrected chi connectivity index (χ1v) is 13.7. The van der Waals surface area contributed by atoms with E-state index < -0.39 is 0 Å². The lowest BCUT2D eigenvalue weighted by atomic mass is 10.1. The van der Waals surface area contributed by atoms with Gasteiger partial charge in [-0.05, 0) is 54.4 Å². The van der Waals surface area contributed by atoms with Crippen LogP contribution in [0.5, 0.6) is 11.5 Å². The van der Waals surface area contributed by atoms with Crippen LogP contribution in [0.1, 0.15) is 21.7 Å². The third-order valence-electron chi connectivity index (χ3n) is 6.87. The van der Waals surface area contributed by atoms with Crippen LogP contribution in [0.25, 0.3) is 0 Å². The molecule has 2 amide bonds. The topological polar surface area (TPSA) is 84.7 Å². The minimum atomic E-state index is -0.234. The zero-order valence-electron chi connectivity index (χ0n) is 23.0. The number of furan rings is 1. The van der Waals surface area contributed by atoms with Gasteiger partial charge in [-0.1, -0.05) is 23.7 Å². The molecule has 1 aliphatic heterocycles. The van der Waals surface area contributed by atoms with Crippen molar-refractivity contribution < 1.29 is 28.2 Å². The molecule has 0 spiro atoms. The van der Waals surface area contributed by atoms with Crippen molar-refractivity contribution in [1.29, 1.82) is 0 Å². The van der Waals surface area contributed by atoms with Crippen molar-refractivity contribution in [1.82, 2.24) is 14.7 Å². The normalized spacial score (nSPS) is 13.6. The largest absolute Gasteiger partial charge is 0.493 e. The summed E-state index contributed by atoms with van der Waals surface area (Å²) in [6.07, 6.45) is 2.17. The van der Waals surface area contributed by atoms with Crippen LogP contribution in [0.15, 0.2) is 65.3 Å². The molecule has 0 unspecified atom stereocenters. The van der Waals surface area contributed by atoms with Crippen molar-refractivity contribution in [3.05, 3.63) is 82.8 Å². The molecular weight excluding hydrogens is 534 g/mol. The Bertz CT molecular complexity index is 1250. The maximum absolute atomic E-state index is 13.8. The van der Waals surface area contributed by atoms with Crippen molar-refractivity contribution >= 4 is 23.4 Å². The highest BCUT2D eigenvalue weighted by atomic mass is 35.5. The number of rotatable bonds is 13. The van der Waals surface area contributed by atoms with Crippen LogP contribution >= 0.6 is 11.6 Å². The van der Waals surface area contributed by atoms with Crippen LogP contribution in [0.2, 0.25) is 5.02 Å². The molecule has 214 valence electrons. The first kappa shape index (κ1) is 29.5. The lowest BCUT2D eigenvalue weighted by Crippen LogP contribution is -2.47. The van der Waals surface area contributed by atoms with E-state index in [-0.39, 0.29) is 18.4 Å². The molecule has 0 aliphatic carbocycles. The molecule has 2 aromatic carbocycles. The van der Waals surface area contributed by atoms with Crippen molar-refractivity contribution in [2.45, 2.75) is 13.0 Å². The van der Waals surface area contributed by atoms with Gasteiger partial charge in [0.05, 0.1) is 40.2 Å². The van der Waals surface area contributed by atoms with E-state index in [2.05, 4.69) is 4.90 Å². The predicted octanol–water partition coefficient (Wildman–Crippen LogP) is 4.00. The highest BCUT2D eigenvalue weighted by molar-refractivity contribution is 6.31. The fourth-order valence-electron chi connectivity index (χ4n) is 4.59. The van der Waals surface area contributed by atoms with E-state index in [1.54, 1.807) is 60.6 Å². The molecule has 0 atom stereocenters. The van der Waals surface area contributed by atoms with E-state index >= 15 is 0 Å². The van der Waals surface area contributed by atoms with E-state index in [0.29, 0.717) is 73.7 Å². The SMILES string of the molecule is COc1ccc(CCN(Cc2ccco2)C(=O)CN(CCN2CCOCC2)C(=O)c2cccc(Cl)c2)cc1OC. The summed E-state index contributed by atoms with van der Waals surface area (Å²) in [5, 5.41) is 0.472. The van der Waals surface area contributed by atoms with Crippen molar-refractivity contribution in [2.24, 2.45) is 0 Å². The molecule has 40 heavy (non-hydrogen) atoms. The number of carbonyl (C=O) groups excluding carboxylic acids is 2. The van der Waals surface area contributed by atoms with Gasteiger partial charge >= 0.3 is 0 Å². The summed E-state index contributed by atoms with van der Waals surface area (Å²) in [5.74, 6) is 1.54. The number of halogens is 1. The Labute approximate surface area is 240 Å². The molecule has 0 radical (unpaired) electrons. The first-order chi connectivity index (χ1) is 19.5. The molecule has 9 nitrogen and oxygen atoms in total. The van der Waals surface area contributed by atoms with Crippen molar-refractivity contribution in [3.63, 3.8) is 0 Å². The fraction of sp³-hybridized carbons (Fsp3) is 0.400. The second-order valence-electron chi connectivity index (χ2n) is 9.53. The Morgan fingerprint density at radius 1 is 0.950 bits per heavy atom. The van der Waals surface area contributed by atoms with E-state index in [0.717, 1.165) is 18.7 Å². The lowest BCUT2D eigenvalue weighted by molar-refractivity contribution is -0.132. The van der Waals surface area contributed by atoms with Crippen molar-refractivity contribution in [2.75, 3.05) is 66.7 Å². The standard InChI is InChI=1S/C30H36ClN3O6/c1-37-27-9-8-23(19-28(27)38-2)10-11-33(21-26-7-4-16-40-26)29(35)22-34(13-12-32-14-17-39-18-15-32)30(36)24-5-3-6-25(31)20-24/h3-9,16,19-20H,10-15,17-18,21-22H2,1-2H3. The number of ether oxygens (including phenoxy) is 3. The zero-order chi connectivity index (χ0) is 28.3. The molecule has 0 saturated carbocycles. The Balaban J connectivity index is 1.50. The summed E-state index contributed by atoms with van der Waals surface area (Å²) in [6, 6.07) is 16.2.